The molecular formula is C17H28O3. The van der Waals surface area contributed by atoms with Crippen LogP contribution in [0.3, 0.4) is 0 Å². The number of epoxide rings is 1. The second kappa shape index (κ2) is 5.88. The predicted octanol–water partition coefficient (Wildman–Crippen LogP) is 3.87. The fraction of sp³-hybridized carbons (Fsp3) is 0.824. The fourth-order valence-electron chi connectivity index (χ4n) is 3.42. The molecular weight excluding hydrogens is 252 g/mol. The van der Waals surface area contributed by atoms with Crippen LogP contribution >= 0.6 is 0 Å². The van der Waals surface area contributed by atoms with Gasteiger partial charge in [0.25, 0.3) is 0 Å². The zero-order chi connectivity index (χ0) is 14.9. The summed E-state index contributed by atoms with van der Waals surface area (Å²) < 4.78 is 11.6. The topological polar surface area (TPSA) is 38.8 Å². The van der Waals surface area contributed by atoms with E-state index in [1.807, 2.05) is 0 Å². The summed E-state index contributed by atoms with van der Waals surface area (Å²) in [6.07, 6.45) is 6.54. The zero-order valence-electron chi connectivity index (χ0n) is 13.4. The number of carbonyl (C=O) groups is 1. The summed E-state index contributed by atoms with van der Waals surface area (Å²) in [5.74, 6) is 0.662. The molecule has 0 bridgehead atoms. The van der Waals surface area contributed by atoms with Crippen LogP contribution in [0.5, 0.6) is 0 Å². The van der Waals surface area contributed by atoms with Gasteiger partial charge in [0.1, 0.15) is 12.2 Å². The third kappa shape index (κ3) is 3.43. The molecule has 1 aliphatic heterocycles. The number of ether oxygens (including phenoxy) is 2. The molecule has 2 rings (SSSR count). The van der Waals surface area contributed by atoms with E-state index < -0.39 is 0 Å². The first-order chi connectivity index (χ1) is 9.33. The first-order valence-electron chi connectivity index (χ1n) is 7.84. The lowest BCUT2D eigenvalue weighted by Gasteiger charge is -2.30. The van der Waals surface area contributed by atoms with Crippen molar-refractivity contribution in [1.82, 2.24) is 0 Å². The highest BCUT2D eigenvalue weighted by Gasteiger charge is 2.58. The van der Waals surface area contributed by atoms with Crippen LogP contribution in [0.25, 0.3) is 0 Å². The van der Waals surface area contributed by atoms with Crippen LogP contribution in [0.1, 0.15) is 60.3 Å². The lowest BCUT2D eigenvalue weighted by molar-refractivity contribution is -0.151. The summed E-state index contributed by atoms with van der Waals surface area (Å²) in [4.78, 5) is 11.5. The summed E-state index contributed by atoms with van der Waals surface area (Å²) in [7, 11) is 0. The maximum Gasteiger partial charge on any atom is 0.303 e. The Morgan fingerprint density at radius 1 is 1.50 bits per heavy atom. The number of fused-ring (bicyclic) bond motifs is 1. The van der Waals surface area contributed by atoms with E-state index in [2.05, 4.69) is 33.8 Å². The lowest BCUT2D eigenvalue weighted by atomic mass is 9.80. The third-order valence-electron chi connectivity index (χ3n) is 4.83. The lowest BCUT2D eigenvalue weighted by Crippen LogP contribution is -2.37. The molecule has 0 spiro atoms. The monoisotopic (exact) mass is 280 g/mol. The van der Waals surface area contributed by atoms with Crippen LogP contribution in [0.4, 0.5) is 0 Å². The van der Waals surface area contributed by atoms with E-state index in [-0.39, 0.29) is 23.8 Å². The molecule has 2 aliphatic rings. The van der Waals surface area contributed by atoms with Gasteiger partial charge in [-0.2, -0.15) is 0 Å². The van der Waals surface area contributed by atoms with Crippen molar-refractivity contribution in [1.29, 1.82) is 0 Å². The molecule has 0 N–H and O–H groups in total. The maximum absolute atomic E-state index is 11.5. The molecule has 0 aromatic heterocycles. The molecule has 1 fully saturated rings. The van der Waals surface area contributed by atoms with Gasteiger partial charge in [0.2, 0.25) is 0 Å². The van der Waals surface area contributed by atoms with E-state index in [1.165, 1.54) is 12.5 Å². The van der Waals surface area contributed by atoms with E-state index in [1.54, 1.807) is 0 Å². The summed E-state index contributed by atoms with van der Waals surface area (Å²) in [5.41, 5.74) is 1.33. The summed E-state index contributed by atoms with van der Waals surface area (Å²) >= 11 is 0. The molecule has 0 unspecified atom stereocenters. The SMILES string of the molecule is CC(=O)O[C@@H]1[C@H](C(C)C)CC/C(C)=C\CC[C@]2(C)O[C@@H]12. The molecule has 1 saturated heterocycles. The molecule has 114 valence electrons. The van der Waals surface area contributed by atoms with Crippen molar-refractivity contribution in [3.05, 3.63) is 11.6 Å². The van der Waals surface area contributed by atoms with Gasteiger partial charge in [0.05, 0.1) is 5.60 Å². The van der Waals surface area contributed by atoms with E-state index in [4.69, 9.17) is 9.47 Å². The second-order valence-corrected chi connectivity index (χ2v) is 6.96. The minimum Gasteiger partial charge on any atom is -0.459 e. The number of carbonyl (C=O) groups excluding carboxylic acids is 1. The van der Waals surface area contributed by atoms with Crippen molar-refractivity contribution < 1.29 is 14.3 Å². The first-order valence-corrected chi connectivity index (χ1v) is 7.84. The molecule has 1 heterocycles. The second-order valence-electron chi connectivity index (χ2n) is 6.96. The average molecular weight is 280 g/mol. The number of hydrogen-bond donors (Lipinski definition) is 0. The Balaban J connectivity index is 2.23. The largest absolute Gasteiger partial charge is 0.459 e. The van der Waals surface area contributed by atoms with Crippen molar-refractivity contribution in [2.45, 2.75) is 78.1 Å². The molecule has 20 heavy (non-hydrogen) atoms. The summed E-state index contributed by atoms with van der Waals surface area (Å²) in [5, 5.41) is 0. The molecule has 3 heteroatoms. The van der Waals surface area contributed by atoms with E-state index >= 15 is 0 Å². The van der Waals surface area contributed by atoms with Gasteiger partial charge >= 0.3 is 5.97 Å². The highest BCUT2D eigenvalue weighted by atomic mass is 16.6. The van der Waals surface area contributed by atoms with Gasteiger partial charge in [-0.25, -0.2) is 0 Å². The van der Waals surface area contributed by atoms with Gasteiger partial charge < -0.3 is 9.47 Å². The molecule has 0 saturated carbocycles. The van der Waals surface area contributed by atoms with Gasteiger partial charge in [0, 0.05) is 12.8 Å². The van der Waals surface area contributed by atoms with Crippen molar-refractivity contribution in [3.8, 4) is 0 Å². The normalized spacial score (nSPS) is 40.5. The highest BCUT2D eigenvalue weighted by Crippen LogP contribution is 2.47. The van der Waals surface area contributed by atoms with Crippen molar-refractivity contribution in [2.24, 2.45) is 11.8 Å². The number of rotatable bonds is 2. The summed E-state index contributed by atoms with van der Waals surface area (Å²) in [6, 6.07) is 0. The predicted molar refractivity (Wildman–Crippen MR) is 79.4 cm³/mol. The number of esters is 1. The van der Waals surface area contributed by atoms with Gasteiger partial charge in [-0.05, 0) is 45.4 Å². The van der Waals surface area contributed by atoms with E-state index in [0.717, 1.165) is 25.7 Å². The Morgan fingerprint density at radius 2 is 2.20 bits per heavy atom. The van der Waals surface area contributed by atoms with Gasteiger partial charge in [-0.3, -0.25) is 4.79 Å². The van der Waals surface area contributed by atoms with Crippen LogP contribution in [0.2, 0.25) is 0 Å². The molecule has 0 aromatic rings. The van der Waals surface area contributed by atoms with Crippen LogP contribution in [0.15, 0.2) is 11.6 Å². The van der Waals surface area contributed by atoms with Crippen LogP contribution in [-0.2, 0) is 14.3 Å². The van der Waals surface area contributed by atoms with Crippen molar-refractivity contribution in [3.63, 3.8) is 0 Å². The molecule has 0 radical (unpaired) electrons. The standard InChI is InChI=1S/C17H28O3/c1-11(2)14-9-8-12(3)7-6-10-17(5)16(20-17)15(14)19-13(4)18/h7,11,14-16H,6,8-10H2,1-5H3/b12-7-/t14-,15+,16-,17-/m0/s1. The van der Waals surface area contributed by atoms with Crippen LogP contribution in [-0.4, -0.2) is 23.8 Å². The fourth-order valence-corrected chi connectivity index (χ4v) is 3.42. The zero-order valence-corrected chi connectivity index (χ0v) is 13.4. The third-order valence-corrected chi connectivity index (χ3v) is 4.83. The number of hydrogen-bond acceptors (Lipinski definition) is 3. The van der Waals surface area contributed by atoms with E-state index in [9.17, 15) is 4.79 Å². The van der Waals surface area contributed by atoms with Crippen molar-refractivity contribution in [2.75, 3.05) is 0 Å². The maximum atomic E-state index is 11.5. The Labute approximate surface area is 122 Å². The highest BCUT2D eigenvalue weighted by molar-refractivity contribution is 5.66. The molecule has 1 aliphatic carbocycles. The Kier molecular flexibility index (Phi) is 4.58. The minimum absolute atomic E-state index is 0.0746. The Bertz CT molecular complexity index is 399. The first kappa shape index (κ1) is 15.6. The van der Waals surface area contributed by atoms with Crippen LogP contribution in [0, 0.1) is 11.8 Å². The molecule has 0 amide bonds. The summed E-state index contributed by atoms with van der Waals surface area (Å²) in [6.45, 7) is 10.3. The van der Waals surface area contributed by atoms with Gasteiger partial charge in [-0.15, -0.1) is 0 Å². The minimum atomic E-state index is -0.192. The van der Waals surface area contributed by atoms with Crippen LogP contribution < -0.4 is 0 Å². The molecule has 4 atom stereocenters. The Morgan fingerprint density at radius 3 is 2.80 bits per heavy atom. The quantitative estimate of drug-likeness (QED) is 0.438. The van der Waals surface area contributed by atoms with Gasteiger partial charge in [0.15, 0.2) is 0 Å². The van der Waals surface area contributed by atoms with E-state index in [0.29, 0.717) is 11.8 Å². The molecule has 3 nitrogen and oxygen atoms in total. The Hall–Kier alpha value is -0.830. The average Bonchev–Trinajstić information content (AvgIpc) is 2.98. The van der Waals surface area contributed by atoms with Gasteiger partial charge in [-0.1, -0.05) is 25.5 Å². The van der Waals surface area contributed by atoms with Crippen molar-refractivity contribution >= 4 is 5.97 Å². The molecule has 0 aromatic carbocycles. The smallest absolute Gasteiger partial charge is 0.303 e. The number of allylic oxidation sites excluding steroid dienone is 2.